The molecule has 1 aromatic rings. The van der Waals surface area contributed by atoms with E-state index >= 15 is 0 Å². The third-order valence-corrected chi connectivity index (χ3v) is 5.65. The van der Waals surface area contributed by atoms with Crippen molar-refractivity contribution in [3.63, 3.8) is 0 Å². The Balaban J connectivity index is 2.07. The molecule has 1 atom stereocenters. The second kappa shape index (κ2) is 11.9. The number of hydrogen-bond acceptors (Lipinski definition) is 4. The number of likely N-dealkylation sites (tertiary alicyclic amines) is 1. The highest BCUT2D eigenvalue weighted by molar-refractivity contribution is 7.80. The van der Waals surface area contributed by atoms with Gasteiger partial charge < -0.3 is 25.6 Å². The van der Waals surface area contributed by atoms with Gasteiger partial charge in [-0.05, 0) is 50.0 Å². The van der Waals surface area contributed by atoms with Crippen LogP contribution in [0.25, 0.3) is 0 Å². The highest BCUT2D eigenvalue weighted by Crippen LogP contribution is 2.22. The maximum Gasteiger partial charge on any atom is 0.253 e. The summed E-state index contributed by atoms with van der Waals surface area (Å²) in [5, 5.41) is 9.98. The number of nitrogens with zero attached hydrogens (tertiary/aromatic N) is 1. The van der Waals surface area contributed by atoms with Crippen molar-refractivity contribution in [3.8, 4) is 0 Å². The number of carbonyl (C=O) groups excluding carboxylic acids is 2. The van der Waals surface area contributed by atoms with Crippen molar-refractivity contribution in [1.29, 1.82) is 0 Å². The lowest BCUT2D eigenvalue weighted by Gasteiger charge is -2.37. The van der Waals surface area contributed by atoms with E-state index in [1.54, 1.807) is 31.4 Å². The number of methoxy groups -OCH3 is 1. The number of hydrogen-bond donors (Lipinski definition) is 3. The standard InChI is InChI=1S/C20H29ClN4O3S/c1-3-22-20(29)25-11-8-14(9-12-25)17(19(27)23-10-13-28-2)24-18(26)15-6-4-5-7-16(15)21/h4-7,14,17H,3,8-13H2,1-2H3,(H,22,29)(H,23,27)(H,24,26)/t17-/m1/s1. The summed E-state index contributed by atoms with van der Waals surface area (Å²) in [5.74, 6) is -0.562. The molecule has 3 N–H and O–H groups in total. The van der Waals surface area contributed by atoms with Crippen molar-refractivity contribution in [2.75, 3.05) is 39.9 Å². The van der Waals surface area contributed by atoms with Gasteiger partial charge in [0.25, 0.3) is 5.91 Å². The average Bonchev–Trinajstić information content (AvgIpc) is 2.72. The van der Waals surface area contributed by atoms with Gasteiger partial charge in [0.15, 0.2) is 5.11 Å². The topological polar surface area (TPSA) is 82.7 Å². The molecule has 0 aromatic heterocycles. The Morgan fingerprint density at radius 3 is 2.59 bits per heavy atom. The smallest absolute Gasteiger partial charge is 0.253 e. The van der Waals surface area contributed by atoms with Crippen molar-refractivity contribution in [1.82, 2.24) is 20.9 Å². The monoisotopic (exact) mass is 440 g/mol. The second-order valence-corrected chi connectivity index (χ2v) is 7.67. The Hall–Kier alpha value is -1.90. The number of nitrogens with one attached hydrogen (secondary N) is 3. The van der Waals surface area contributed by atoms with E-state index in [9.17, 15) is 9.59 Å². The molecule has 1 fully saturated rings. The molecule has 0 radical (unpaired) electrons. The van der Waals surface area contributed by atoms with Crippen LogP contribution in [0.15, 0.2) is 24.3 Å². The number of piperidine rings is 1. The van der Waals surface area contributed by atoms with E-state index in [0.717, 1.165) is 37.6 Å². The normalized spacial score (nSPS) is 15.5. The number of amides is 2. The average molecular weight is 441 g/mol. The Morgan fingerprint density at radius 2 is 1.97 bits per heavy atom. The highest BCUT2D eigenvalue weighted by atomic mass is 35.5. The molecule has 1 aromatic carbocycles. The third kappa shape index (κ3) is 6.83. The van der Waals surface area contributed by atoms with E-state index in [1.165, 1.54) is 0 Å². The van der Waals surface area contributed by atoms with Crippen LogP contribution in [0.3, 0.4) is 0 Å². The van der Waals surface area contributed by atoms with Crippen LogP contribution in [0.5, 0.6) is 0 Å². The fourth-order valence-electron chi connectivity index (χ4n) is 3.35. The Labute approximate surface area is 182 Å². The molecule has 1 saturated heterocycles. The maximum atomic E-state index is 12.8. The van der Waals surface area contributed by atoms with Crippen molar-refractivity contribution >= 4 is 40.7 Å². The summed E-state index contributed by atoms with van der Waals surface area (Å²) in [6, 6.07) is 6.16. The minimum absolute atomic E-state index is 0.00431. The first-order valence-corrected chi connectivity index (χ1v) is 10.6. The zero-order valence-electron chi connectivity index (χ0n) is 16.9. The van der Waals surface area contributed by atoms with Gasteiger partial charge in [0.05, 0.1) is 17.2 Å². The summed E-state index contributed by atoms with van der Waals surface area (Å²) in [7, 11) is 1.58. The van der Waals surface area contributed by atoms with Crippen molar-refractivity contribution in [3.05, 3.63) is 34.9 Å². The molecule has 1 aliphatic rings. The first-order chi connectivity index (χ1) is 14.0. The first-order valence-electron chi connectivity index (χ1n) is 9.82. The van der Waals surface area contributed by atoms with Gasteiger partial charge in [-0.3, -0.25) is 9.59 Å². The molecule has 29 heavy (non-hydrogen) atoms. The molecule has 0 aliphatic carbocycles. The van der Waals surface area contributed by atoms with Gasteiger partial charge in [-0.2, -0.15) is 0 Å². The van der Waals surface area contributed by atoms with Gasteiger partial charge in [0.2, 0.25) is 5.91 Å². The first kappa shape index (κ1) is 23.4. The molecule has 0 spiro atoms. The van der Waals surface area contributed by atoms with Gasteiger partial charge >= 0.3 is 0 Å². The molecule has 2 amide bonds. The summed E-state index contributed by atoms with van der Waals surface area (Å²) in [4.78, 5) is 27.7. The lowest BCUT2D eigenvalue weighted by molar-refractivity contribution is -0.124. The van der Waals surface area contributed by atoms with Crippen LogP contribution in [0.1, 0.15) is 30.1 Å². The van der Waals surface area contributed by atoms with Crippen LogP contribution < -0.4 is 16.0 Å². The largest absolute Gasteiger partial charge is 0.383 e. The molecule has 1 heterocycles. The number of carbonyl (C=O) groups is 2. The predicted octanol–water partition coefficient (Wildman–Crippen LogP) is 1.81. The van der Waals surface area contributed by atoms with E-state index in [2.05, 4.69) is 20.9 Å². The number of rotatable bonds is 8. The Kier molecular flexibility index (Phi) is 9.63. The SMILES string of the molecule is CCNC(=S)N1CCC([C@@H](NC(=O)c2ccccc2Cl)C(=O)NCCOC)CC1. The van der Waals surface area contributed by atoms with Crippen molar-refractivity contribution in [2.45, 2.75) is 25.8 Å². The molecule has 0 bridgehead atoms. The quantitative estimate of drug-likeness (QED) is 0.422. The molecular weight excluding hydrogens is 412 g/mol. The zero-order valence-corrected chi connectivity index (χ0v) is 18.4. The molecule has 9 heteroatoms. The fraction of sp³-hybridized carbons (Fsp3) is 0.550. The lowest BCUT2D eigenvalue weighted by atomic mass is 9.88. The lowest BCUT2D eigenvalue weighted by Crippen LogP contribution is -2.54. The minimum atomic E-state index is -0.648. The molecule has 0 saturated carbocycles. The van der Waals surface area contributed by atoms with E-state index in [4.69, 9.17) is 28.6 Å². The number of thiocarbonyl (C=S) groups is 1. The summed E-state index contributed by atoms with van der Waals surface area (Å²) in [5.41, 5.74) is 0.356. The second-order valence-electron chi connectivity index (χ2n) is 6.87. The summed E-state index contributed by atoms with van der Waals surface area (Å²) in [6.07, 6.45) is 1.49. The summed E-state index contributed by atoms with van der Waals surface area (Å²) < 4.78 is 5.00. The van der Waals surface area contributed by atoms with Gasteiger partial charge in [0, 0.05) is 33.3 Å². The zero-order chi connectivity index (χ0) is 21.2. The van der Waals surface area contributed by atoms with Gasteiger partial charge in [0.1, 0.15) is 6.04 Å². The minimum Gasteiger partial charge on any atom is -0.383 e. The van der Waals surface area contributed by atoms with Crippen LogP contribution in [0, 0.1) is 5.92 Å². The summed E-state index contributed by atoms with van der Waals surface area (Å²) in [6.45, 7) is 5.05. The Bertz CT molecular complexity index is 711. The van der Waals surface area contributed by atoms with E-state index in [0.29, 0.717) is 23.7 Å². The van der Waals surface area contributed by atoms with E-state index in [-0.39, 0.29) is 17.7 Å². The predicted molar refractivity (Wildman–Crippen MR) is 118 cm³/mol. The third-order valence-electron chi connectivity index (χ3n) is 4.92. The van der Waals surface area contributed by atoms with Gasteiger partial charge in [-0.1, -0.05) is 23.7 Å². The fourth-order valence-corrected chi connectivity index (χ4v) is 3.90. The van der Waals surface area contributed by atoms with Crippen LogP contribution in [-0.2, 0) is 9.53 Å². The molecule has 7 nitrogen and oxygen atoms in total. The number of benzene rings is 1. The van der Waals surface area contributed by atoms with Crippen molar-refractivity contribution in [2.24, 2.45) is 5.92 Å². The van der Waals surface area contributed by atoms with Crippen LogP contribution in [-0.4, -0.2) is 67.8 Å². The summed E-state index contributed by atoms with van der Waals surface area (Å²) >= 11 is 11.5. The Morgan fingerprint density at radius 1 is 1.28 bits per heavy atom. The van der Waals surface area contributed by atoms with Crippen LogP contribution in [0.4, 0.5) is 0 Å². The van der Waals surface area contributed by atoms with Crippen molar-refractivity contribution < 1.29 is 14.3 Å². The molecular formula is C20H29ClN4O3S. The maximum absolute atomic E-state index is 12.8. The van der Waals surface area contributed by atoms with Crippen LogP contribution in [0.2, 0.25) is 5.02 Å². The van der Waals surface area contributed by atoms with E-state index in [1.807, 2.05) is 6.92 Å². The molecule has 1 aliphatic heterocycles. The molecule has 160 valence electrons. The van der Waals surface area contributed by atoms with Gasteiger partial charge in [-0.15, -0.1) is 0 Å². The number of ether oxygens (including phenoxy) is 1. The van der Waals surface area contributed by atoms with Gasteiger partial charge in [-0.25, -0.2) is 0 Å². The number of halogens is 1. The molecule has 0 unspecified atom stereocenters. The highest BCUT2D eigenvalue weighted by Gasteiger charge is 2.33. The van der Waals surface area contributed by atoms with E-state index < -0.39 is 6.04 Å². The molecule has 2 rings (SSSR count). The van der Waals surface area contributed by atoms with Crippen LogP contribution >= 0.6 is 23.8 Å².